The number of carbonyl (C=O) groups excluding carboxylic acids is 1. The molecule has 25 heavy (non-hydrogen) atoms. The summed E-state index contributed by atoms with van der Waals surface area (Å²) in [6, 6.07) is 4.83. The van der Waals surface area contributed by atoms with E-state index in [1.165, 1.54) is 0 Å². The number of aromatic nitrogens is 3. The number of aryl methyl sites for hydroxylation is 1. The van der Waals surface area contributed by atoms with Crippen LogP contribution in [0, 0.1) is 0 Å². The van der Waals surface area contributed by atoms with Gasteiger partial charge in [0.15, 0.2) is 5.58 Å². The van der Waals surface area contributed by atoms with Crippen LogP contribution in [0.25, 0.3) is 11.1 Å². The number of hydrogen-bond donors (Lipinski definition) is 2. The molecule has 1 unspecified atom stereocenters. The maximum absolute atomic E-state index is 12.5. The SMILES string of the molecule is CNC(C(=O)Nc1ccc2oc(COC)nc2c1)c1cnn(C)c1.Cl. The first-order valence-corrected chi connectivity index (χ1v) is 7.46. The quantitative estimate of drug-likeness (QED) is 0.694. The van der Waals surface area contributed by atoms with Crippen LogP contribution in [0.3, 0.4) is 0 Å². The van der Waals surface area contributed by atoms with E-state index in [0.29, 0.717) is 29.3 Å². The molecule has 2 heterocycles. The van der Waals surface area contributed by atoms with Gasteiger partial charge in [-0.25, -0.2) is 4.98 Å². The molecule has 0 fully saturated rings. The number of amides is 1. The van der Waals surface area contributed by atoms with Gasteiger partial charge in [-0.3, -0.25) is 9.48 Å². The Balaban J connectivity index is 0.00000225. The van der Waals surface area contributed by atoms with Gasteiger partial charge in [0.05, 0.1) is 6.20 Å². The average molecular weight is 366 g/mol. The number of nitrogens with one attached hydrogen (secondary N) is 2. The van der Waals surface area contributed by atoms with Gasteiger partial charge >= 0.3 is 0 Å². The number of rotatable bonds is 6. The monoisotopic (exact) mass is 365 g/mol. The number of halogens is 1. The maximum Gasteiger partial charge on any atom is 0.246 e. The van der Waals surface area contributed by atoms with Crippen LogP contribution < -0.4 is 10.6 Å². The highest BCUT2D eigenvalue weighted by Crippen LogP contribution is 2.22. The normalized spacial score (nSPS) is 12.0. The van der Waals surface area contributed by atoms with Crippen LogP contribution in [0.1, 0.15) is 17.5 Å². The van der Waals surface area contributed by atoms with Gasteiger partial charge in [0.1, 0.15) is 18.2 Å². The summed E-state index contributed by atoms with van der Waals surface area (Å²) in [4.78, 5) is 16.8. The second kappa shape index (κ2) is 8.11. The zero-order chi connectivity index (χ0) is 17.1. The smallest absolute Gasteiger partial charge is 0.246 e. The third-order valence-electron chi connectivity index (χ3n) is 3.58. The van der Waals surface area contributed by atoms with Gasteiger partial charge in [-0.05, 0) is 25.2 Å². The van der Waals surface area contributed by atoms with Gasteiger partial charge in [0, 0.05) is 31.6 Å². The van der Waals surface area contributed by atoms with E-state index in [4.69, 9.17) is 9.15 Å². The number of anilines is 1. The number of nitrogens with zero attached hydrogens (tertiary/aromatic N) is 3. The molecule has 0 bridgehead atoms. The first kappa shape index (κ1) is 18.9. The minimum absolute atomic E-state index is 0. The van der Waals surface area contributed by atoms with E-state index in [9.17, 15) is 4.79 Å². The molecule has 0 aliphatic rings. The van der Waals surface area contributed by atoms with Crippen LogP contribution in [-0.4, -0.2) is 34.8 Å². The molecule has 134 valence electrons. The molecule has 0 saturated heterocycles. The van der Waals surface area contributed by atoms with Crippen LogP contribution in [-0.2, 0) is 23.2 Å². The molecule has 0 saturated carbocycles. The summed E-state index contributed by atoms with van der Waals surface area (Å²) in [7, 11) is 5.12. The summed E-state index contributed by atoms with van der Waals surface area (Å²) in [5.41, 5.74) is 2.76. The minimum atomic E-state index is -0.490. The molecule has 2 aromatic heterocycles. The highest BCUT2D eigenvalue weighted by Gasteiger charge is 2.20. The van der Waals surface area contributed by atoms with Gasteiger partial charge in [-0.15, -0.1) is 12.4 Å². The molecule has 1 amide bonds. The molecule has 2 N–H and O–H groups in total. The van der Waals surface area contributed by atoms with Crippen molar-refractivity contribution in [3.63, 3.8) is 0 Å². The fourth-order valence-electron chi connectivity index (χ4n) is 2.49. The first-order valence-electron chi connectivity index (χ1n) is 7.46. The molecule has 0 spiro atoms. The Morgan fingerprint density at radius 3 is 2.88 bits per heavy atom. The summed E-state index contributed by atoms with van der Waals surface area (Å²) in [6.07, 6.45) is 3.47. The summed E-state index contributed by atoms with van der Waals surface area (Å²) >= 11 is 0. The number of hydrogen-bond acceptors (Lipinski definition) is 6. The van der Waals surface area contributed by atoms with E-state index in [-0.39, 0.29) is 18.3 Å². The second-order valence-electron chi connectivity index (χ2n) is 5.38. The van der Waals surface area contributed by atoms with Gasteiger partial charge < -0.3 is 19.8 Å². The third-order valence-corrected chi connectivity index (χ3v) is 3.58. The van der Waals surface area contributed by atoms with Crippen molar-refractivity contribution < 1.29 is 13.9 Å². The van der Waals surface area contributed by atoms with Crippen molar-refractivity contribution in [3.05, 3.63) is 42.0 Å². The van der Waals surface area contributed by atoms with Crippen molar-refractivity contribution in [2.45, 2.75) is 12.6 Å². The van der Waals surface area contributed by atoms with E-state index in [1.54, 1.807) is 49.4 Å². The Morgan fingerprint density at radius 1 is 1.44 bits per heavy atom. The van der Waals surface area contributed by atoms with Gasteiger partial charge in [-0.2, -0.15) is 5.10 Å². The number of fused-ring (bicyclic) bond motifs is 1. The Labute approximate surface area is 151 Å². The fourth-order valence-corrected chi connectivity index (χ4v) is 2.49. The number of oxazole rings is 1. The van der Waals surface area contributed by atoms with E-state index < -0.39 is 6.04 Å². The van der Waals surface area contributed by atoms with Crippen LogP contribution in [0.4, 0.5) is 5.69 Å². The van der Waals surface area contributed by atoms with E-state index in [1.807, 2.05) is 7.05 Å². The maximum atomic E-state index is 12.5. The Hall–Kier alpha value is -2.42. The molecule has 9 heteroatoms. The number of likely N-dealkylation sites (N-methyl/N-ethyl adjacent to an activating group) is 1. The zero-order valence-electron chi connectivity index (χ0n) is 14.1. The topological polar surface area (TPSA) is 94.2 Å². The minimum Gasteiger partial charge on any atom is -0.438 e. The molecule has 0 radical (unpaired) electrons. The molecule has 0 aliphatic heterocycles. The van der Waals surface area contributed by atoms with Crippen molar-refractivity contribution >= 4 is 35.1 Å². The highest BCUT2D eigenvalue weighted by molar-refractivity contribution is 5.96. The summed E-state index contributed by atoms with van der Waals surface area (Å²) in [6.45, 7) is 0.305. The highest BCUT2D eigenvalue weighted by atomic mass is 35.5. The Bertz CT molecular complexity index is 860. The van der Waals surface area contributed by atoms with Crippen LogP contribution >= 0.6 is 12.4 Å². The van der Waals surface area contributed by atoms with Crippen LogP contribution in [0.2, 0.25) is 0 Å². The molecule has 8 nitrogen and oxygen atoms in total. The van der Waals surface area contributed by atoms with Crippen molar-refractivity contribution in [3.8, 4) is 0 Å². The van der Waals surface area contributed by atoms with Gasteiger partial charge in [0.2, 0.25) is 11.8 Å². The lowest BCUT2D eigenvalue weighted by atomic mass is 10.1. The molecular weight excluding hydrogens is 346 g/mol. The van der Waals surface area contributed by atoms with E-state index in [2.05, 4.69) is 20.7 Å². The molecule has 0 aliphatic carbocycles. The summed E-state index contributed by atoms with van der Waals surface area (Å²) in [5, 5.41) is 9.97. The van der Waals surface area contributed by atoms with E-state index >= 15 is 0 Å². The standard InChI is InChI=1S/C16H19N5O3.ClH/c1-17-15(10-7-18-21(2)8-10)16(22)19-11-4-5-13-12(6-11)20-14(24-13)9-23-3;/h4-8,15,17H,9H2,1-3H3,(H,19,22);1H. The number of benzene rings is 1. The lowest BCUT2D eigenvalue weighted by molar-refractivity contribution is -0.118. The number of carbonyl (C=O) groups is 1. The average Bonchev–Trinajstić information content (AvgIpc) is 3.14. The van der Waals surface area contributed by atoms with Gasteiger partial charge in [-0.1, -0.05) is 0 Å². The van der Waals surface area contributed by atoms with Crippen molar-refractivity contribution in [1.82, 2.24) is 20.1 Å². The van der Waals surface area contributed by atoms with Crippen molar-refractivity contribution in [1.29, 1.82) is 0 Å². The molecule has 1 atom stereocenters. The largest absolute Gasteiger partial charge is 0.438 e. The van der Waals surface area contributed by atoms with Gasteiger partial charge in [0.25, 0.3) is 0 Å². The summed E-state index contributed by atoms with van der Waals surface area (Å²) < 4.78 is 12.2. The van der Waals surface area contributed by atoms with Crippen LogP contribution in [0.15, 0.2) is 35.0 Å². The fraction of sp³-hybridized carbons (Fsp3) is 0.312. The number of ether oxygens (including phenoxy) is 1. The van der Waals surface area contributed by atoms with Crippen molar-refractivity contribution in [2.24, 2.45) is 7.05 Å². The first-order chi connectivity index (χ1) is 11.6. The predicted molar refractivity (Wildman–Crippen MR) is 95.6 cm³/mol. The third kappa shape index (κ3) is 4.16. The second-order valence-corrected chi connectivity index (χ2v) is 5.38. The zero-order valence-corrected chi connectivity index (χ0v) is 15.0. The lowest BCUT2D eigenvalue weighted by Crippen LogP contribution is -2.30. The summed E-state index contributed by atoms with van der Waals surface area (Å²) in [5.74, 6) is 0.324. The Kier molecular flexibility index (Phi) is 6.13. The van der Waals surface area contributed by atoms with Crippen LogP contribution in [0.5, 0.6) is 0 Å². The lowest BCUT2D eigenvalue weighted by Gasteiger charge is -2.14. The number of methoxy groups -OCH3 is 1. The molecule has 3 rings (SSSR count). The predicted octanol–water partition coefficient (Wildman–Crippen LogP) is 2.03. The molecule has 3 aromatic rings. The molecular formula is C16H20ClN5O3. The van der Waals surface area contributed by atoms with Crippen molar-refractivity contribution in [2.75, 3.05) is 19.5 Å². The Morgan fingerprint density at radius 2 is 2.24 bits per heavy atom. The molecule has 1 aromatic carbocycles. The van der Waals surface area contributed by atoms with E-state index in [0.717, 1.165) is 5.56 Å².